The van der Waals surface area contributed by atoms with Crippen LogP contribution in [0.5, 0.6) is 0 Å². The van der Waals surface area contributed by atoms with Crippen molar-refractivity contribution in [3.05, 3.63) is 102 Å². The molecule has 0 N–H and O–H groups in total. The summed E-state index contributed by atoms with van der Waals surface area (Å²) in [6, 6.07) is 23.5. The van der Waals surface area contributed by atoms with Gasteiger partial charge in [-0.05, 0) is 86.5 Å². The highest BCUT2D eigenvalue weighted by Gasteiger charge is 2.41. The molecule has 3 aromatic rings. The molecule has 34 heavy (non-hydrogen) atoms. The smallest absolute Gasteiger partial charge is 0.272 e. The molecular weight excluding hydrogens is 425 g/mol. The molecule has 4 nitrogen and oxygen atoms in total. The molecule has 1 atom stereocenters. The molecular formula is C29H32FN3O. The first-order valence-electron chi connectivity index (χ1n) is 12.4. The summed E-state index contributed by atoms with van der Waals surface area (Å²) >= 11 is 0. The Bertz CT molecular complexity index is 1060. The minimum absolute atomic E-state index is 0.0674. The largest absolute Gasteiger partial charge is 0.331 e. The molecule has 5 heteroatoms. The fourth-order valence-electron chi connectivity index (χ4n) is 5.25. The average Bonchev–Trinajstić information content (AvgIpc) is 3.72. The summed E-state index contributed by atoms with van der Waals surface area (Å²) in [5.74, 6) is 0.319. The lowest BCUT2D eigenvalue weighted by Gasteiger charge is -2.42. The van der Waals surface area contributed by atoms with E-state index in [1.807, 2.05) is 36.4 Å². The zero-order chi connectivity index (χ0) is 23.3. The van der Waals surface area contributed by atoms with Gasteiger partial charge in [-0.25, -0.2) is 4.39 Å². The number of nitrogens with zero attached hydrogens (tertiary/aromatic N) is 3. The molecule has 1 amide bonds. The monoisotopic (exact) mass is 457 g/mol. The van der Waals surface area contributed by atoms with Crippen LogP contribution in [0.3, 0.4) is 0 Å². The highest BCUT2D eigenvalue weighted by Crippen LogP contribution is 2.36. The summed E-state index contributed by atoms with van der Waals surface area (Å²) in [5.41, 5.74) is 2.97. The fourth-order valence-corrected chi connectivity index (χ4v) is 5.25. The fraction of sp³-hybridized carbons (Fsp3) is 0.379. The van der Waals surface area contributed by atoms with Crippen LogP contribution in [0, 0.1) is 11.7 Å². The molecule has 0 radical (unpaired) electrons. The molecule has 1 aliphatic carbocycles. The van der Waals surface area contributed by atoms with Crippen LogP contribution in [-0.4, -0.2) is 45.9 Å². The van der Waals surface area contributed by atoms with Gasteiger partial charge in [-0.1, -0.05) is 48.5 Å². The molecule has 2 aliphatic rings. The number of likely N-dealkylation sites (tertiary alicyclic amines) is 1. The van der Waals surface area contributed by atoms with E-state index in [0.717, 1.165) is 57.3 Å². The van der Waals surface area contributed by atoms with E-state index in [-0.39, 0.29) is 17.8 Å². The van der Waals surface area contributed by atoms with Crippen LogP contribution in [0.15, 0.2) is 79.0 Å². The number of rotatable bonds is 8. The second-order valence-corrected chi connectivity index (χ2v) is 9.66. The van der Waals surface area contributed by atoms with Crippen LogP contribution in [0.25, 0.3) is 0 Å². The first kappa shape index (κ1) is 22.7. The van der Waals surface area contributed by atoms with Crippen LogP contribution >= 0.6 is 0 Å². The van der Waals surface area contributed by atoms with Crippen molar-refractivity contribution in [1.29, 1.82) is 0 Å². The quantitative estimate of drug-likeness (QED) is 0.458. The van der Waals surface area contributed by atoms with Crippen LogP contribution < -0.4 is 0 Å². The normalized spacial score (nSPS) is 17.9. The molecule has 5 rings (SSSR count). The van der Waals surface area contributed by atoms with Crippen molar-refractivity contribution in [3.8, 4) is 0 Å². The number of piperidine rings is 1. The lowest BCUT2D eigenvalue weighted by Crippen LogP contribution is -2.50. The third kappa shape index (κ3) is 5.53. The number of pyridine rings is 1. The van der Waals surface area contributed by atoms with Crippen LogP contribution in [0.4, 0.5) is 4.39 Å². The highest BCUT2D eigenvalue weighted by atomic mass is 19.1. The van der Waals surface area contributed by atoms with Gasteiger partial charge in [0.1, 0.15) is 11.5 Å². The van der Waals surface area contributed by atoms with Crippen molar-refractivity contribution in [3.63, 3.8) is 0 Å². The Hall–Kier alpha value is -3.05. The third-order valence-corrected chi connectivity index (χ3v) is 7.20. The van der Waals surface area contributed by atoms with Gasteiger partial charge in [0.15, 0.2) is 0 Å². The standard InChI is InChI=1S/C29H32FN3O/c30-25-11-9-23(10-12-25)21-32-18-15-24(16-19-32)28(20-22-6-2-1-3-7-22)33(26-13-14-26)29(34)27-8-4-5-17-31-27/h1-12,17,24,26,28H,13-16,18-21H2. The molecule has 0 bridgehead atoms. The Morgan fingerprint density at radius 2 is 1.62 bits per heavy atom. The van der Waals surface area contributed by atoms with Crippen molar-refractivity contribution in [2.75, 3.05) is 13.1 Å². The molecule has 2 heterocycles. The van der Waals surface area contributed by atoms with Crippen molar-refractivity contribution < 1.29 is 9.18 Å². The number of amides is 1. The summed E-state index contributed by atoms with van der Waals surface area (Å²) in [7, 11) is 0. The Labute approximate surface area is 201 Å². The van der Waals surface area contributed by atoms with Gasteiger partial charge >= 0.3 is 0 Å². The Kier molecular flexibility index (Phi) is 7.00. The minimum Gasteiger partial charge on any atom is -0.331 e. The number of benzene rings is 2. The van der Waals surface area contributed by atoms with Gasteiger partial charge in [-0.2, -0.15) is 0 Å². The highest BCUT2D eigenvalue weighted by molar-refractivity contribution is 5.93. The molecule has 1 saturated heterocycles. The second-order valence-electron chi connectivity index (χ2n) is 9.66. The SMILES string of the molecule is O=C(c1ccccn1)N(C1CC1)C(Cc1ccccc1)C1CCN(Cc2ccc(F)cc2)CC1. The number of hydrogen-bond donors (Lipinski definition) is 0. The zero-order valence-electron chi connectivity index (χ0n) is 19.5. The molecule has 2 aromatic carbocycles. The van der Waals surface area contributed by atoms with Crippen molar-refractivity contribution in [2.24, 2.45) is 5.92 Å². The Morgan fingerprint density at radius 1 is 0.912 bits per heavy atom. The number of carbonyl (C=O) groups is 1. The lowest BCUT2D eigenvalue weighted by atomic mass is 9.84. The van der Waals surface area contributed by atoms with Crippen molar-refractivity contribution >= 4 is 5.91 Å². The van der Waals surface area contributed by atoms with Crippen molar-refractivity contribution in [2.45, 2.75) is 50.7 Å². The number of carbonyl (C=O) groups excluding carboxylic acids is 1. The molecule has 1 aliphatic heterocycles. The van der Waals surface area contributed by atoms with Gasteiger partial charge in [-0.15, -0.1) is 0 Å². The molecule has 2 fully saturated rings. The van der Waals surface area contributed by atoms with Crippen molar-refractivity contribution in [1.82, 2.24) is 14.8 Å². The molecule has 1 saturated carbocycles. The molecule has 0 spiro atoms. The van der Waals surface area contributed by atoms with Gasteiger partial charge in [0, 0.05) is 24.8 Å². The topological polar surface area (TPSA) is 36.4 Å². The third-order valence-electron chi connectivity index (χ3n) is 7.20. The minimum atomic E-state index is -0.191. The van der Waals surface area contributed by atoms with E-state index in [9.17, 15) is 9.18 Å². The summed E-state index contributed by atoms with van der Waals surface area (Å²) in [4.78, 5) is 22.7. The van der Waals surface area contributed by atoms with Crippen LogP contribution in [0.2, 0.25) is 0 Å². The molecule has 1 unspecified atom stereocenters. The predicted octanol–water partition coefficient (Wildman–Crippen LogP) is 5.35. The van der Waals surface area contributed by atoms with Gasteiger partial charge in [0.05, 0.1) is 0 Å². The zero-order valence-corrected chi connectivity index (χ0v) is 19.5. The van der Waals surface area contributed by atoms with E-state index in [1.165, 1.54) is 17.7 Å². The Balaban J connectivity index is 1.33. The van der Waals surface area contributed by atoms with Gasteiger partial charge in [0.2, 0.25) is 0 Å². The number of hydrogen-bond acceptors (Lipinski definition) is 3. The van der Waals surface area contributed by atoms with Crippen LogP contribution in [-0.2, 0) is 13.0 Å². The molecule has 1 aromatic heterocycles. The van der Waals surface area contributed by atoms with E-state index in [0.29, 0.717) is 17.7 Å². The second kappa shape index (κ2) is 10.5. The Morgan fingerprint density at radius 3 is 2.26 bits per heavy atom. The summed E-state index contributed by atoms with van der Waals surface area (Å²) in [6.45, 7) is 2.82. The number of aromatic nitrogens is 1. The van der Waals surface area contributed by atoms with Gasteiger partial charge in [0.25, 0.3) is 5.91 Å². The maximum absolute atomic E-state index is 13.7. The van der Waals surface area contributed by atoms with E-state index in [2.05, 4.69) is 39.0 Å². The maximum atomic E-state index is 13.7. The van der Waals surface area contributed by atoms with E-state index in [4.69, 9.17) is 0 Å². The van der Waals surface area contributed by atoms with E-state index in [1.54, 1.807) is 6.20 Å². The predicted molar refractivity (Wildman–Crippen MR) is 132 cm³/mol. The lowest BCUT2D eigenvalue weighted by molar-refractivity contribution is 0.0477. The van der Waals surface area contributed by atoms with Gasteiger partial charge < -0.3 is 4.90 Å². The van der Waals surface area contributed by atoms with Gasteiger partial charge in [-0.3, -0.25) is 14.7 Å². The maximum Gasteiger partial charge on any atom is 0.272 e. The van der Waals surface area contributed by atoms with Crippen LogP contribution in [0.1, 0.15) is 47.3 Å². The van der Waals surface area contributed by atoms with E-state index >= 15 is 0 Å². The summed E-state index contributed by atoms with van der Waals surface area (Å²) < 4.78 is 13.3. The summed E-state index contributed by atoms with van der Waals surface area (Å²) in [6.07, 6.45) is 6.84. The molecule has 176 valence electrons. The first-order chi connectivity index (χ1) is 16.7. The number of halogens is 1. The average molecular weight is 458 g/mol. The van der Waals surface area contributed by atoms with E-state index < -0.39 is 0 Å². The first-order valence-corrected chi connectivity index (χ1v) is 12.4. The summed E-state index contributed by atoms with van der Waals surface area (Å²) in [5, 5.41) is 0.